The summed E-state index contributed by atoms with van der Waals surface area (Å²) in [5.74, 6) is -0.144. The van der Waals surface area contributed by atoms with Crippen LogP contribution in [0.15, 0.2) is 18.2 Å². The van der Waals surface area contributed by atoms with Crippen molar-refractivity contribution in [2.45, 2.75) is 33.4 Å². The maximum absolute atomic E-state index is 12.1. The summed E-state index contributed by atoms with van der Waals surface area (Å²) in [5.41, 5.74) is 2.18. The second-order valence-electron chi connectivity index (χ2n) is 5.03. The highest BCUT2D eigenvalue weighted by molar-refractivity contribution is 5.97. The Balaban J connectivity index is 2.18. The van der Waals surface area contributed by atoms with E-state index in [4.69, 9.17) is 5.11 Å². The maximum atomic E-state index is 12.1. The number of carbonyl (C=O) groups is 1. The van der Waals surface area contributed by atoms with E-state index >= 15 is 0 Å². The van der Waals surface area contributed by atoms with E-state index in [1.54, 1.807) is 16.8 Å². The minimum atomic E-state index is -0.161. The van der Waals surface area contributed by atoms with Gasteiger partial charge in [-0.15, -0.1) is 5.10 Å². The summed E-state index contributed by atoms with van der Waals surface area (Å²) in [6, 6.07) is 5.27. The topological polar surface area (TPSA) is 80.0 Å². The SMILES string of the molecule is CCn1nnc2cc(C(=O)NC(C)C(C)CO)ccc21. The Morgan fingerprint density at radius 2 is 2.20 bits per heavy atom. The highest BCUT2D eigenvalue weighted by Gasteiger charge is 2.16. The molecule has 20 heavy (non-hydrogen) atoms. The Morgan fingerprint density at radius 1 is 1.45 bits per heavy atom. The molecule has 0 aliphatic rings. The molecule has 2 rings (SSSR count). The van der Waals surface area contributed by atoms with Crippen LogP contribution in [0, 0.1) is 5.92 Å². The van der Waals surface area contributed by atoms with E-state index in [2.05, 4.69) is 15.6 Å². The zero-order chi connectivity index (χ0) is 14.7. The lowest BCUT2D eigenvalue weighted by Crippen LogP contribution is -2.38. The van der Waals surface area contributed by atoms with E-state index in [9.17, 15) is 4.79 Å². The van der Waals surface area contributed by atoms with Gasteiger partial charge in [0.2, 0.25) is 0 Å². The Kier molecular flexibility index (Phi) is 4.34. The molecule has 0 spiro atoms. The normalized spacial score (nSPS) is 14.2. The molecule has 1 aromatic heterocycles. The highest BCUT2D eigenvalue weighted by atomic mass is 16.3. The van der Waals surface area contributed by atoms with Crippen molar-refractivity contribution in [2.24, 2.45) is 5.92 Å². The van der Waals surface area contributed by atoms with E-state index in [-0.39, 0.29) is 24.5 Å². The van der Waals surface area contributed by atoms with Gasteiger partial charge in [0, 0.05) is 24.8 Å². The molecule has 2 N–H and O–H groups in total. The molecule has 1 amide bonds. The summed E-state index contributed by atoms with van der Waals surface area (Å²) < 4.78 is 1.79. The molecule has 0 aliphatic carbocycles. The van der Waals surface area contributed by atoms with Crippen molar-refractivity contribution in [3.63, 3.8) is 0 Å². The standard InChI is InChI=1S/C14H20N4O2/c1-4-18-13-6-5-11(7-12(13)16-17-18)14(20)15-10(3)9(2)8-19/h5-7,9-10,19H,4,8H2,1-3H3,(H,15,20). The fourth-order valence-corrected chi connectivity index (χ4v) is 1.94. The van der Waals surface area contributed by atoms with Gasteiger partial charge >= 0.3 is 0 Å². The number of benzene rings is 1. The zero-order valence-corrected chi connectivity index (χ0v) is 12.0. The monoisotopic (exact) mass is 276 g/mol. The average Bonchev–Trinajstić information content (AvgIpc) is 2.88. The van der Waals surface area contributed by atoms with Gasteiger partial charge in [-0.2, -0.15) is 0 Å². The molecule has 0 saturated heterocycles. The largest absolute Gasteiger partial charge is 0.396 e. The number of amides is 1. The lowest BCUT2D eigenvalue weighted by molar-refractivity contribution is 0.0916. The number of hydrogen-bond donors (Lipinski definition) is 2. The summed E-state index contributed by atoms with van der Waals surface area (Å²) in [4.78, 5) is 12.1. The first-order chi connectivity index (χ1) is 9.56. The molecule has 6 nitrogen and oxygen atoms in total. The van der Waals surface area contributed by atoms with Gasteiger partial charge in [-0.1, -0.05) is 12.1 Å². The van der Waals surface area contributed by atoms with Crippen LogP contribution in [-0.4, -0.2) is 38.7 Å². The molecular formula is C14H20N4O2. The third-order valence-electron chi connectivity index (χ3n) is 3.58. The van der Waals surface area contributed by atoms with Crippen LogP contribution in [0.2, 0.25) is 0 Å². The van der Waals surface area contributed by atoms with Crippen LogP contribution in [-0.2, 0) is 6.54 Å². The summed E-state index contributed by atoms with van der Waals surface area (Å²) in [6.45, 7) is 6.55. The van der Waals surface area contributed by atoms with E-state index in [0.29, 0.717) is 11.1 Å². The minimum Gasteiger partial charge on any atom is -0.396 e. The predicted octanol–water partition coefficient (Wildman–Crippen LogP) is 1.20. The van der Waals surface area contributed by atoms with Gasteiger partial charge in [-0.25, -0.2) is 4.68 Å². The van der Waals surface area contributed by atoms with Crippen molar-refractivity contribution < 1.29 is 9.90 Å². The fraction of sp³-hybridized carbons (Fsp3) is 0.500. The summed E-state index contributed by atoms with van der Waals surface area (Å²) in [7, 11) is 0. The van der Waals surface area contributed by atoms with E-state index < -0.39 is 0 Å². The van der Waals surface area contributed by atoms with Crippen LogP contribution in [0.1, 0.15) is 31.1 Å². The van der Waals surface area contributed by atoms with Crippen molar-refractivity contribution in [2.75, 3.05) is 6.61 Å². The van der Waals surface area contributed by atoms with E-state index in [0.717, 1.165) is 12.1 Å². The van der Waals surface area contributed by atoms with Crippen LogP contribution in [0.5, 0.6) is 0 Å². The zero-order valence-electron chi connectivity index (χ0n) is 12.0. The number of aliphatic hydroxyl groups is 1. The molecule has 1 heterocycles. The van der Waals surface area contributed by atoms with E-state index in [1.165, 1.54) is 0 Å². The average molecular weight is 276 g/mol. The Hall–Kier alpha value is -1.95. The van der Waals surface area contributed by atoms with Crippen molar-refractivity contribution in [3.05, 3.63) is 23.8 Å². The molecule has 2 aromatic rings. The molecular weight excluding hydrogens is 256 g/mol. The molecule has 2 unspecified atom stereocenters. The Labute approximate surface area is 117 Å². The third-order valence-corrected chi connectivity index (χ3v) is 3.58. The number of fused-ring (bicyclic) bond motifs is 1. The number of hydrogen-bond acceptors (Lipinski definition) is 4. The molecule has 6 heteroatoms. The maximum Gasteiger partial charge on any atom is 0.251 e. The summed E-state index contributed by atoms with van der Waals surface area (Å²) in [6.07, 6.45) is 0. The molecule has 1 aromatic carbocycles. The lowest BCUT2D eigenvalue weighted by Gasteiger charge is -2.19. The summed E-state index contributed by atoms with van der Waals surface area (Å²) >= 11 is 0. The van der Waals surface area contributed by atoms with Crippen LogP contribution in [0.3, 0.4) is 0 Å². The molecule has 0 radical (unpaired) electrons. The number of nitrogens with one attached hydrogen (secondary N) is 1. The van der Waals surface area contributed by atoms with Crippen molar-refractivity contribution >= 4 is 16.9 Å². The second-order valence-corrected chi connectivity index (χ2v) is 5.03. The number of aromatic nitrogens is 3. The summed E-state index contributed by atoms with van der Waals surface area (Å²) in [5, 5.41) is 20.0. The van der Waals surface area contributed by atoms with Crippen molar-refractivity contribution in [1.29, 1.82) is 0 Å². The van der Waals surface area contributed by atoms with Gasteiger partial charge in [0.05, 0.1) is 5.52 Å². The number of aryl methyl sites for hydroxylation is 1. The fourth-order valence-electron chi connectivity index (χ4n) is 1.94. The molecule has 108 valence electrons. The predicted molar refractivity (Wildman–Crippen MR) is 76.4 cm³/mol. The first-order valence-electron chi connectivity index (χ1n) is 6.81. The minimum absolute atomic E-state index is 0.0173. The lowest BCUT2D eigenvalue weighted by atomic mass is 10.0. The van der Waals surface area contributed by atoms with Crippen LogP contribution in [0.25, 0.3) is 11.0 Å². The number of rotatable bonds is 5. The quantitative estimate of drug-likeness (QED) is 0.860. The van der Waals surface area contributed by atoms with Crippen molar-refractivity contribution in [1.82, 2.24) is 20.3 Å². The van der Waals surface area contributed by atoms with Gasteiger partial charge in [0.25, 0.3) is 5.91 Å². The van der Waals surface area contributed by atoms with Crippen molar-refractivity contribution in [3.8, 4) is 0 Å². The van der Waals surface area contributed by atoms with Gasteiger partial charge in [-0.05, 0) is 38.0 Å². The second kappa shape index (κ2) is 6.00. The Morgan fingerprint density at radius 3 is 2.85 bits per heavy atom. The molecule has 0 fully saturated rings. The number of aliphatic hydroxyl groups excluding tert-OH is 1. The highest BCUT2D eigenvalue weighted by Crippen LogP contribution is 2.14. The van der Waals surface area contributed by atoms with Gasteiger partial charge in [0.1, 0.15) is 5.52 Å². The third kappa shape index (κ3) is 2.80. The van der Waals surface area contributed by atoms with E-state index in [1.807, 2.05) is 26.8 Å². The number of nitrogens with zero attached hydrogens (tertiary/aromatic N) is 3. The molecule has 0 bridgehead atoms. The van der Waals surface area contributed by atoms with Crippen LogP contribution in [0.4, 0.5) is 0 Å². The molecule has 2 atom stereocenters. The first kappa shape index (κ1) is 14.5. The smallest absolute Gasteiger partial charge is 0.251 e. The van der Waals surface area contributed by atoms with Gasteiger partial charge in [0.15, 0.2) is 0 Å². The number of carbonyl (C=O) groups excluding carboxylic acids is 1. The van der Waals surface area contributed by atoms with Gasteiger partial charge in [-0.3, -0.25) is 4.79 Å². The van der Waals surface area contributed by atoms with Crippen LogP contribution < -0.4 is 5.32 Å². The van der Waals surface area contributed by atoms with Crippen LogP contribution >= 0.6 is 0 Å². The Bertz CT molecular complexity index is 608. The molecule has 0 aliphatic heterocycles. The first-order valence-corrected chi connectivity index (χ1v) is 6.81. The molecule has 0 saturated carbocycles. The van der Waals surface area contributed by atoms with Gasteiger partial charge < -0.3 is 10.4 Å².